The predicted molar refractivity (Wildman–Crippen MR) is 70.2 cm³/mol. The van der Waals surface area contributed by atoms with Gasteiger partial charge in [0.05, 0.1) is 11.1 Å². The number of nitrogen functional groups attached to an aromatic ring is 1. The number of nitrogens with one attached hydrogen (secondary N) is 1. The lowest BCUT2D eigenvalue weighted by Crippen LogP contribution is -2.02. The number of pyridine rings is 2. The largest absolute Gasteiger partial charge is 0.380 e. The summed E-state index contributed by atoms with van der Waals surface area (Å²) in [4.78, 5) is 18.7. The van der Waals surface area contributed by atoms with Crippen LogP contribution in [-0.2, 0) is 0 Å². The number of aromatic nitrogens is 3. The molecule has 3 rings (SSSR count). The fraction of sp³-hybridized carbons (Fsp3) is 0. The van der Waals surface area contributed by atoms with Crippen LogP contribution in [0.4, 0.5) is 5.82 Å². The van der Waals surface area contributed by atoms with Crippen molar-refractivity contribution in [3.63, 3.8) is 0 Å². The third-order valence-corrected chi connectivity index (χ3v) is 2.74. The number of H-pyrrole nitrogens is 1. The predicted octanol–water partition coefficient (Wildman–Crippen LogP) is 1.67. The Labute approximate surface area is 107 Å². The van der Waals surface area contributed by atoms with Gasteiger partial charge in [0.15, 0.2) is 17.0 Å². The molecule has 0 aromatic carbocycles. The summed E-state index contributed by atoms with van der Waals surface area (Å²) in [6.07, 6.45) is 6.41. The van der Waals surface area contributed by atoms with Crippen molar-refractivity contribution in [1.82, 2.24) is 15.1 Å². The molecule has 3 aromatic heterocycles. The fourth-order valence-corrected chi connectivity index (χ4v) is 1.87. The summed E-state index contributed by atoms with van der Waals surface area (Å²) in [6.45, 7) is 0. The van der Waals surface area contributed by atoms with E-state index in [0.717, 1.165) is 5.56 Å². The summed E-state index contributed by atoms with van der Waals surface area (Å²) in [7, 11) is 0. The van der Waals surface area contributed by atoms with Gasteiger partial charge in [-0.1, -0.05) is 11.2 Å². The summed E-state index contributed by atoms with van der Waals surface area (Å²) in [5, 5.41) is 3.73. The molecule has 0 fully saturated rings. The van der Waals surface area contributed by atoms with E-state index in [-0.39, 0.29) is 11.2 Å². The summed E-state index contributed by atoms with van der Waals surface area (Å²) in [5.74, 6) is 0.568. The molecule has 0 radical (unpaired) electrons. The maximum absolute atomic E-state index is 11.8. The molecule has 0 unspecified atom stereocenters. The highest BCUT2D eigenvalue weighted by molar-refractivity contribution is 5.85. The highest BCUT2D eigenvalue weighted by atomic mass is 16.5. The van der Waals surface area contributed by atoms with Gasteiger partial charge >= 0.3 is 0 Å². The van der Waals surface area contributed by atoms with E-state index in [0.29, 0.717) is 16.9 Å². The SMILES string of the molecule is Nc1noc(-c2c[nH]ccc2=O)c1-c1cccnc1. The second-order valence-electron chi connectivity index (χ2n) is 3.94. The van der Waals surface area contributed by atoms with Crippen LogP contribution >= 0.6 is 0 Å². The normalized spacial score (nSPS) is 10.5. The topological polar surface area (TPSA) is 97.8 Å². The first-order valence-corrected chi connectivity index (χ1v) is 5.60. The first kappa shape index (κ1) is 11.2. The van der Waals surface area contributed by atoms with E-state index in [1.54, 1.807) is 30.9 Å². The van der Waals surface area contributed by atoms with Gasteiger partial charge in [0.1, 0.15) is 0 Å². The average molecular weight is 254 g/mol. The molecule has 0 aliphatic heterocycles. The third-order valence-electron chi connectivity index (χ3n) is 2.74. The highest BCUT2D eigenvalue weighted by Crippen LogP contribution is 2.34. The lowest BCUT2D eigenvalue weighted by molar-refractivity contribution is 0.435. The molecule has 3 heterocycles. The lowest BCUT2D eigenvalue weighted by atomic mass is 10.0. The quantitative estimate of drug-likeness (QED) is 0.725. The minimum absolute atomic E-state index is 0.167. The van der Waals surface area contributed by atoms with Crippen molar-refractivity contribution < 1.29 is 4.52 Å². The van der Waals surface area contributed by atoms with Gasteiger partial charge in [-0.05, 0) is 6.07 Å². The van der Waals surface area contributed by atoms with Crippen LogP contribution in [-0.4, -0.2) is 15.1 Å². The van der Waals surface area contributed by atoms with Crippen LogP contribution in [0.15, 0.2) is 52.3 Å². The zero-order valence-electron chi connectivity index (χ0n) is 9.83. The van der Waals surface area contributed by atoms with Crippen molar-refractivity contribution in [2.24, 2.45) is 0 Å². The van der Waals surface area contributed by atoms with E-state index in [9.17, 15) is 4.79 Å². The highest BCUT2D eigenvalue weighted by Gasteiger charge is 2.19. The Morgan fingerprint density at radius 1 is 1.32 bits per heavy atom. The molecule has 0 amide bonds. The van der Waals surface area contributed by atoms with E-state index in [2.05, 4.69) is 15.1 Å². The van der Waals surface area contributed by atoms with Crippen LogP contribution in [0.25, 0.3) is 22.5 Å². The van der Waals surface area contributed by atoms with Crippen LogP contribution in [0.2, 0.25) is 0 Å². The van der Waals surface area contributed by atoms with Gasteiger partial charge < -0.3 is 15.2 Å². The summed E-state index contributed by atoms with van der Waals surface area (Å²) in [5.41, 5.74) is 7.35. The second kappa shape index (κ2) is 4.41. The van der Waals surface area contributed by atoms with Gasteiger partial charge in [-0.2, -0.15) is 0 Å². The van der Waals surface area contributed by atoms with E-state index < -0.39 is 0 Å². The Bertz CT molecular complexity index is 762. The summed E-state index contributed by atoms with van der Waals surface area (Å²) >= 11 is 0. The van der Waals surface area contributed by atoms with Gasteiger partial charge in [-0.25, -0.2) is 0 Å². The number of hydrogen-bond donors (Lipinski definition) is 2. The maximum atomic E-state index is 11.8. The minimum Gasteiger partial charge on any atom is -0.380 e. The van der Waals surface area contributed by atoms with Crippen LogP contribution < -0.4 is 11.2 Å². The van der Waals surface area contributed by atoms with Gasteiger partial charge in [-0.3, -0.25) is 9.78 Å². The number of rotatable bonds is 2. The molecule has 94 valence electrons. The van der Waals surface area contributed by atoms with Crippen LogP contribution in [0.3, 0.4) is 0 Å². The molecule has 0 aliphatic rings. The van der Waals surface area contributed by atoms with E-state index in [4.69, 9.17) is 10.3 Å². The Balaban J connectivity index is 2.26. The molecular weight excluding hydrogens is 244 g/mol. The first-order chi connectivity index (χ1) is 9.27. The smallest absolute Gasteiger partial charge is 0.192 e. The Hall–Kier alpha value is -2.89. The van der Waals surface area contributed by atoms with Crippen molar-refractivity contribution in [1.29, 1.82) is 0 Å². The van der Waals surface area contributed by atoms with Crippen LogP contribution in [0.1, 0.15) is 0 Å². The molecule has 0 saturated carbocycles. The molecule has 0 atom stereocenters. The van der Waals surface area contributed by atoms with Gasteiger partial charge in [-0.15, -0.1) is 0 Å². The molecule has 0 spiro atoms. The number of aromatic amines is 1. The molecule has 6 nitrogen and oxygen atoms in total. The van der Waals surface area contributed by atoms with Crippen molar-refractivity contribution in [2.45, 2.75) is 0 Å². The van der Waals surface area contributed by atoms with E-state index in [1.807, 2.05) is 6.07 Å². The summed E-state index contributed by atoms with van der Waals surface area (Å²) < 4.78 is 5.19. The van der Waals surface area contributed by atoms with Gasteiger partial charge in [0.25, 0.3) is 0 Å². The van der Waals surface area contributed by atoms with Crippen molar-refractivity contribution in [3.8, 4) is 22.5 Å². The van der Waals surface area contributed by atoms with Crippen LogP contribution in [0, 0.1) is 0 Å². The molecule has 19 heavy (non-hydrogen) atoms. The Morgan fingerprint density at radius 2 is 2.21 bits per heavy atom. The summed E-state index contributed by atoms with van der Waals surface area (Å²) in [6, 6.07) is 5.03. The van der Waals surface area contributed by atoms with Gasteiger partial charge in [0.2, 0.25) is 0 Å². The van der Waals surface area contributed by atoms with E-state index in [1.165, 1.54) is 6.07 Å². The lowest BCUT2D eigenvalue weighted by Gasteiger charge is -2.01. The fourth-order valence-electron chi connectivity index (χ4n) is 1.87. The van der Waals surface area contributed by atoms with Crippen molar-refractivity contribution >= 4 is 5.82 Å². The molecule has 0 bridgehead atoms. The minimum atomic E-state index is -0.167. The van der Waals surface area contributed by atoms with Gasteiger partial charge in [0, 0.05) is 36.4 Å². The molecule has 6 heteroatoms. The number of hydrogen-bond acceptors (Lipinski definition) is 5. The van der Waals surface area contributed by atoms with Crippen molar-refractivity contribution in [3.05, 3.63) is 53.2 Å². The number of anilines is 1. The third kappa shape index (κ3) is 1.89. The second-order valence-corrected chi connectivity index (χ2v) is 3.94. The Morgan fingerprint density at radius 3 is 2.95 bits per heavy atom. The zero-order chi connectivity index (χ0) is 13.2. The molecule has 3 aromatic rings. The monoisotopic (exact) mass is 254 g/mol. The molecular formula is C13H10N4O2. The number of nitrogens with zero attached hydrogens (tertiary/aromatic N) is 2. The average Bonchev–Trinajstić information content (AvgIpc) is 2.82. The van der Waals surface area contributed by atoms with Crippen molar-refractivity contribution in [2.75, 3.05) is 5.73 Å². The number of nitrogens with two attached hydrogens (primary N) is 1. The standard InChI is InChI=1S/C13H10N4O2/c14-13-11(8-2-1-4-15-6-8)12(19-17-13)9-7-16-5-3-10(9)18/h1-7H,(H2,14,17)(H,16,18). The van der Waals surface area contributed by atoms with Crippen LogP contribution in [0.5, 0.6) is 0 Å². The molecule has 0 saturated heterocycles. The molecule has 0 aliphatic carbocycles. The maximum Gasteiger partial charge on any atom is 0.192 e. The first-order valence-electron chi connectivity index (χ1n) is 5.60. The zero-order valence-corrected chi connectivity index (χ0v) is 9.83. The molecule has 3 N–H and O–H groups in total. The Kier molecular flexibility index (Phi) is 2.60. The van der Waals surface area contributed by atoms with E-state index >= 15 is 0 Å².